The summed E-state index contributed by atoms with van der Waals surface area (Å²) in [4.78, 5) is 16.7. The van der Waals surface area contributed by atoms with E-state index in [4.69, 9.17) is 39.9 Å². The van der Waals surface area contributed by atoms with E-state index in [1.807, 2.05) is 0 Å². The molecule has 0 amide bonds. The zero-order valence-electron chi connectivity index (χ0n) is 26.9. The largest absolute Gasteiger partial charge is 2.00 e. The zero-order chi connectivity index (χ0) is 37.0. The van der Waals surface area contributed by atoms with Crippen LogP contribution < -0.4 is 31.8 Å². The van der Waals surface area contributed by atoms with Gasteiger partial charge in [-0.15, -0.1) is 20.2 Å². The van der Waals surface area contributed by atoms with Gasteiger partial charge in [-0.1, -0.05) is 109 Å². The van der Waals surface area contributed by atoms with Gasteiger partial charge in [-0.05, 0) is 72.8 Å². The molecule has 0 aromatic heterocycles. The molecule has 13 heteroatoms. The monoisotopic (exact) mass is 810 g/mol. The summed E-state index contributed by atoms with van der Waals surface area (Å²) in [6.45, 7) is 9.00. The van der Waals surface area contributed by atoms with Crippen LogP contribution in [0.5, 0.6) is 0 Å². The molecule has 51 heavy (non-hydrogen) atoms. The summed E-state index contributed by atoms with van der Waals surface area (Å²) in [5.74, 6) is 0. The van der Waals surface area contributed by atoms with Gasteiger partial charge >= 0.3 is 42.1 Å². The van der Waals surface area contributed by atoms with Crippen molar-refractivity contribution in [3.63, 3.8) is 0 Å². The van der Waals surface area contributed by atoms with E-state index in [1.54, 1.807) is 0 Å². The molecule has 0 bridgehead atoms. The van der Waals surface area contributed by atoms with Crippen LogP contribution in [0.2, 0.25) is 0 Å². The molecule has 258 valence electrons. The first-order valence-corrected chi connectivity index (χ1v) is 17.5. The van der Waals surface area contributed by atoms with E-state index in [2.05, 4.69) is 195 Å². The smallest absolute Gasteiger partial charge is 0.0620 e. The maximum absolute atomic E-state index is 8.36. The van der Waals surface area contributed by atoms with Crippen LogP contribution in [0.25, 0.3) is 0 Å². The van der Waals surface area contributed by atoms with Gasteiger partial charge in [-0.3, -0.25) is 0 Å². The Balaban J connectivity index is 0.000000740. The first kappa shape index (κ1) is 45.7. The molecule has 0 saturated carbocycles. The van der Waals surface area contributed by atoms with Gasteiger partial charge < -0.3 is 10.4 Å². The van der Waals surface area contributed by atoms with E-state index < -0.39 is 26.0 Å². The molecule has 0 aliphatic heterocycles. The number of rotatable bonds is 6. The van der Waals surface area contributed by atoms with Gasteiger partial charge in [-0.25, -0.2) is 0 Å². The second-order valence-corrected chi connectivity index (χ2v) is 14.4. The zero-order valence-corrected chi connectivity index (χ0v) is 30.7. The maximum atomic E-state index is 8.36. The summed E-state index contributed by atoms with van der Waals surface area (Å²) < 4.78 is 15.0. The average molecular weight is 810 g/mol. The van der Waals surface area contributed by atoms with E-state index in [1.165, 1.54) is 31.8 Å². The van der Waals surface area contributed by atoms with Crippen molar-refractivity contribution in [3.05, 3.63) is 216 Å². The molecule has 0 aliphatic carbocycles. The fourth-order valence-electron chi connectivity index (χ4n) is 4.63. The Labute approximate surface area is 311 Å². The molecule has 0 aliphatic rings. The van der Waals surface area contributed by atoms with Crippen molar-refractivity contribution >= 4 is 47.7 Å². The normalized spacial score (nSPS) is 8.90. The Morgan fingerprint density at radius 1 is 0.373 bits per heavy atom. The van der Waals surface area contributed by atoms with Crippen LogP contribution in [0, 0.1) is 33.5 Å². The minimum Gasteiger partial charge on any atom is -0.0620 e. The van der Waals surface area contributed by atoms with Gasteiger partial charge in [0.2, 0.25) is 0 Å². The van der Waals surface area contributed by atoms with Crippen LogP contribution >= 0.6 is 15.8 Å². The van der Waals surface area contributed by atoms with Gasteiger partial charge in [-0.2, -0.15) is 0 Å². The summed E-state index contributed by atoms with van der Waals surface area (Å²) in [5.41, 5.74) is 0. The third-order valence-corrected chi connectivity index (χ3v) is 11.8. The van der Waals surface area contributed by atoms with Crippen molar-refractivity contribution in [2.24, 2.45) is 0 Å². The van der Waals surface area contributed by atoms with Crippen molar-refractivity contribution in [1.29, 1.82) is 0 Å². The maximum Gasteiger partial charge on any atom is 2.00 e. The number of nitrogens with zero attached hydrogens (tertiary/aromatic N) is 2. The van der Waals surface area contributed by atoms with Crippen LogP contribution in [-0.4, -0.2) is 20.6 Å². The van der Waals surface area contributed by atoms with E-state index in [0.717, 1.165) is 0 Å². The molecular weight excluding hydrogens is 775 g/mol. The van der Waals surface area contributed by atoms with Crippen LogP contribution in [0.3, 0.4) is 0 Å². The summed E-state index contributed by atoms with van der Waals surface area (Å²) in [5, 5.41) is 35.9. The molecule has 0 spiro atoms. The second kappa shape index (κ2) is 28.5. The Morgan fingerprint density at radius 3 is 0.569 bits per heavy atom. The Bertz CT molecular complexity index is 1480. The SMILES string of the molecule is O=[N+]([O-])O.O=[N+]([O-])O.[C-]#[O+].[C-]#[O+].[Ru+2].c1ccc([PH+](c2ccccc2)c2ccccc2)cc1.c1ccc([PH+](c2ccccc2)c2ccccc2)cc1. The molecule has 0 radical (unpaired) electrons. The van der Waals surface area contributed by atoms with E-state index in [9.17, 15) is 0 Å². The predicted molar refractivity (Wildman–Crippen MR) is 199 cm³/mol. The molecule has 6 aromatic carbocycles. The molecule has 0 heterocycles. The van der Waals surface area contributed by atoms with Crippen molar-refractivity contribution in [3.8, 4) is 0 Å². The van der Waals surface area contributed by atoms with Gasteiger partial charge in [0.05, 0.1) is 15.8 Å². The van der Waals surface area contributed by atoms with Crippen molar-refractivity contribution < 1.29 is 49.4 Å². The van der Waals surface area contributed by atoms with Crippen molar-refractivity contribution in [1.82, 2.24) is 0 Å². The average Bonchev–Trinajstić information content (AvgIpc) is 3.16. The standard InChI is InChI=1S/2C18H15P.2CO.2HNO3.Ru/c2*1-4-10-16(11-5-1)19(17-12-6-2-7-13-17)18-14-8-3-9-15-18;2*1-2;2*2-1(3)4;/h2*1-15H;;;2*(H,2,3,4);/q;;;;;;+2/p+2. The number of hydrogen-bond acceptors (Lipinski definition) is 4. The van der Waals surface area contributed by atoms with Crippen LogP contribution in [0.15, 0.2) is 182 Å². The third kappa shape index (κ3) is 18.3. The first-order chi connectivity index (χ1) is 24.4. The second-order valence-electron chi connectivity index (χ2n) is 9.42. The quantitative estimate of drug-likeness (QED) is 0.0557. The summed E-state index contributed by atoms with van der Waals surface area (Å²) >= 11 is 0. The van der Waals surface area contributed by atoms with E-state index >= 15 is 0 Å². The fraction of sp³-hybridized carbons (Fsp3) is 0. The molecule has 10 nitrogen and oxygen atoms in total. The minimum atomic E-state index is -1.50. The van der Waals surface area contributed by atoms with Crippen molar-refractivity contribution in [2.45, 2.75) is 0 Å². The Kier molecular flexibility index (Phi) is 25.5. The summed E-state index contributed by atoms with van der Waals surface area (Å²) in [6.07, 6.45) is 0. The number of benzene rings is 6. The Morgan fingerprint density at radius 2 is 0.471 bits per heavy atom. The molecule has 2 N–H and O–H groups in total. The summed E-state index contributed by atoms with van der Waals surface area (Å²) in [6, 6.07) is 65.0. The van der Waals surface area contributed by atoms with Gasteiger partial charge in [0, 0.05) is 0 Å². The molecule has 0 fully saturated rings. The van der Waals surface area contributed by atoms with Gasteiger partial charge in [0.1, 0.15) is 31.8 Å². The minimum absolute atomic E-state index is 0. The topological polar surface area (TPSA) is 167 Å². The van der Waals surface area contributed by atoms with Crippen LogP contribution in [0.4, 0.5) is 0 Å². The molecule has 6 aromatic rings. The van der Waals surface area contributed by atoms with Gasteiger partial charge in [0.15, 0.2) is 0 Å². The van der Waals surface area contributed by atoms with Crippen molar-refractivity contribution in [2.75, 3.05) is 0 Å². The van der Waals surface area contributed by atoms with Crippen LogP contribution in [0.1, 0.15) is 0 Å². The molecule has 6 rings (SSSR count). The number of hydrogen-bond donors (Lipinski definition) is 2. The van der Waals surface area contributed by atoms with E-state index in [0.29, 0.717) is 0 Å². The van der Waals surface area contributed by atoms with Crippen LogP contribution in [-0.2, 0) is 28.8 Å². The predicted octanol–water partition coefficient (Wildman–Crippen LogP) is 5.58. The first-order valence-electron chi connectivity index (χ1n) is 14.5. The third-order valence-electron chi connectivity index (χ3n) is 6.37. The van der Waals surface area contributed by atoms with Gasteiger partial charge in [0.25, 0.3) is 10.2 Å². The Hall–Kier alpha value is -5.32. The van der Waals surface area contributed by atoms with E-state index in [-0.39, 0.29) is 19.5 Å². The summed E-state index contributed by atoms with van der Waals surface area (Å²) in [7, 11) is -1.75. The molecule has 0 atom stereocenters. The fourth-order valence-corrected chi connectivity index (χ4v) is 9.78. The molecular formula is C38H34N2O8P2Ru+4. The molecule has 0 saturated heterocycles. The molecule has 0 unspecified atom stereocenters.